The molecule has 2 aromatic rings. The van der Waals surface area contributed by atoms with E-state index in [1.165, 1.54) is 12.1 Å². The number of hydrogen-bond acceptors (Lipinski definition) is 3. The third-order valence-corrected chi connectivity index (χ3v) is 5.40. The van der Waals surface area contributed by atoms with Crippen LogP contribution in [0.2, 0.25) is 0 Å². The lowest BCUT2D eigenvalue weighted by atomic mass is 9.73. The molecule has 0 fully saturated rings. The van der Waals surface area contributed by atoms with E-state index in [-0.39, 0.29) is 35.8 Å². The quantitative estimate of drug-likeness (QED) is 0.899. The molecule has 1 amide bonds. The molecule has 1 aliphatic heterocycles. The number of benzene rings is 2. The van der Waals surface area contributed by atoms with Gasteiger partial charge in [-0.05, 0) is 47.7 Å². The first-order chi connectivity index (χ1) is 13.0. The molecule has 1 heterocycles. The van der Waals surface area contributed by atoms with Gasteiger partial charge in [0.15, 0.2) is 5.78 Å². The summed E-state index contributed by atoms with van der Waals surface area (Å²) in [5.74, 6) is 0.118. The lowest BCUT2D eigenvalue weighted by molar-refractivity contribution is -0.122. The average Bonchev–Trinajstić information content (AvgIpc) is 2.67. The molecule has 0 radical (unpaired) electrons. The Morgan fingerprint density at radius 3 is 2.26 bits per heavy atom. The predicted molar refractivity (Wildman–Crippen MR) is 98.9 cm³/mol. The van der Waals surface area contributed by atoms with Gasteiger partial charge < -0.3 is 10.1 Å². The maximum Gasteiger partial charge on any atom is 0.225 e. The fourth-order valence-electron chi connectivity index (χ4n) is 4.05. The first kappa shape index (κ1) is 17.5. The Morgan fingerprint density at radius 1 is 0.926 bits per heavy atom. The van der Waals surface area contributed by atoms with Crippen LogP contribution in [-0.2, 0) is 9.59 Å². The van der Waals surface area contributed by atoms with Crippen LogP contribution in [0.4, 0.5) is 4.39 Å². The highest BCUT2D eigenvalue weighted by Gasteiger charge is 2.38. The highest BCUT2D eigenvalue weighted by molar-refractivity contribution is 6.02. The van der Waals surface area contributed by atoms with Gasteiger partial charge in [0.2, 0.25) is 5.91 Å². The molecule has 2 aromatic carbocycles. The van der Waals surface area contributed by atoms with Crippen molar-refractivity contribution in [3.05, 3.63) is 76.7 Å². The number of carbonyl (C=O) groups excluding carboxylic acids is 2. The molecular formula is C22H20FNO3. The van der Waals surface area contributed by atoms with Crippen LogP contribution >= 0.6 is 0 Å². The van der Waals surface area contributed by atoms with E-state index in [9.17, 15) is 14.0 Å². The number of rotatable bonds is 3. The van der Waals surface area contributed by atoms with E-state index in [1.807, 2.05) is 24.3 Å². The van der Waals surface area contributed by atoms with Gasteiger partial charge in [0, 0.05) is 30.0 Å². The number of Topliss-reactive ketones (excluding diaryl/α,β-unsaturated/α-hetero) is 1. The summed E-state index contributed by atoms with van der Waals surface area (Å²) >= 11 is 0. The number of carbonyl (C=O) groups is 2. The number of halogens is 1. The van der Waals surface area contributed by atoms with Gasteiger partial charge in [0.1, 0.15) is 11.6 Å². The Kier molecular flexibility index (Phi) is 4.52. The number of allylic oxidation sites excluding steroid dienone is 2. The highest BCUT2D eigenvalue weighted by atomic mass is 19.1. The normalized spacial score (nSPS) is 22.3. The van der Waals surface area contributed by atoms with Crippen molar-refractivity contribution in [3.8, 4) is 5.75 Å². The lowest BCUT2D eigenvalue weighted by Gasteiger charge is -2.34. The van der Waals surface area contributed by atoms with Gasteiger partial charge >= 0.3 is 0 Å². The van der Waals surface area contributed by atoms with Gasteiger partial charge in [0.25, 0.3) is 0 Å². The van der Waals surface area contributed by atoms with Crippen LogP contribution < -0.4 is 10.1 Å². The molecule has 2 aliphatic rings. The fourth-order valence-corrected chi connectivity index (χ4v) is 4.05. The Bertz CT molecular complexity index is 916. The summed E-state index contributed by atoms with van der Waals surface area (Å²) in [6.07, 6.45) is 1.20. The zero-order chi connectivity index (χ0) is 19.0. The third kappa shape index (κ3) is 3.37. The predicted octanol–water partition coefficient (Wildman–Crippen LogP) is 3.84. The zero-order valence-electron chi connectivity index (χ0n) is 15.0. The topological polar surface area (TPSA) is 55.4 Å². The summed E-state index contributed by atoms with van der Waals surface area (Å²) in [5, 5.41) is 2.90. The first-order valence-electron chi connectivity index (χ1n) is 9.00. The number of nitrogens with one attached hydrogen (secondary N) is 1. The largest absolute Gasteiger partial charge is 0.497 e. The van der Waals surface area contributed by atoms with E-state index < -0.39 is 0 Å². The van der Waals surface area contributed by atoms with Gasteiger partial charge in [-0.25, -0.2) is 4.39 Å². The van der Waals surface area contributed by atoms with E-state index >= 15 is 0 Å². The maximum absolute atomic E-state index is 13.2. The van der Waals surface area contributed by atoms with Gasteiger partial charge in [-0.2, -0.15) is 0 Å². The second-order valence-corrected chi connectivity index (χ2v) is 7.05. The molecular weight excluding hydrogens is 345 g/mol. The molecule has 4 nitrogen and oxygen atoms in total. The van der Waals surface area contributed by atoms with Crippen LogP contribution in [0.25, 0.3) is 0 Å². The summed E-state index contributed by atoms with van der Waals surface area (Å²) in [6, 6.07) is 13.7. The number of methoxy groups -OCH3 is 1. The van der Waals surface area contributed by atoms with Crippen LogP contribution in [0, 0.1) is 5.82 Å². The molecule has 0 spiro atoms. The van der Waals surface area contributed by atoms with Crippen LogP contribution in [0.1, 0.15) is 42.2 Å². The molecule has 1 N–H and O–H groups in total. The van der Waals surface area contributed by atoms with Gasteiger partial charge in [-0.1, -0.05) is 24.3 Å². The van der Waals surface area contributed by atoms with Crippen molar-refractivity contribution < 1.29 is 18.7 Å². The molecule has 0 bridgehead atoms. The fraction of sp³-hybridized carbons (Fsp3) is 0.273. The summed E-state index contributed by atoms with van der Waals surface area (Å²) in [7, 11) is 1.60. The van der Waals surface area contributed by atoms with E-state index in [0.29, 0.717) is 24.1 Å². The van der Waals surface area contributed by atoms with Crippen molar-refractivity contribution in [1.29, 1.82) is 0 Å². The molecule has 138 valence electrons. The lowest BCUT2D eigenvalue weighted by Crippen LogP contribution is -2.38. The zero-order valence-corrected chi connectivity index (χ0v) is 15.0. The maximum atomic E-state index is 13.2. The van der Waals surface area contributed by atoms with Crippen molar-refractivity contribution in [2.45, 2.75) is 31.1 Å². The van der Waals surface area contributed by atoms with Crippen molar-refractivity contribution in [3.63, 3.8) is 0 Å². The molecule has 2 atom stereocenters. The molecule has 27 heavy (non-hydrogen) atoms. The molecule has 0 aromatic heterocycles. The van der Waals surface area contributed by atoms with E-state index in [2.05, 4.69) is 5.32 Å². The van der Waals surface area contributed by atoms with Gasteiger partial charge in [-0.3, -0.25) is 9.59 Å². The molecule has 0 saturated carbocycles. The van der Waals surface area contributed by atoms with E-state index in [1.54, 1.807) is 19.2 Å². The summed E-state index contributed by atoms with van der Waals surface area (Å²) in [6.45, 7) is 0. The van der Waals surface area contributed by atoms with Gasteiger partial charge in [0.05, 0.1) is 7.11 Å². The number of ketones is 1. The number of ether oxygens (including phenoxy) is 1. The molecule has 1 aliphatic carbocycles. The molecule has 0 saturated heterocycles. The highest BCUT2D eigenvalue weighted by Crippen LogP contribution is 2.42. The second-order valence-electron chi connectivity index (χ2n) is 7.05. The molecule has 5 heteroatoms. The standard InChI is InChI=1S/C22H20FNO3/c1-27-17-8-4-14(5-9-17)18-12-21(26)24-19-10-15(11-20(25)22(18)19)13-2-6-16(23)7-3-13/h2-9,15,18H,10-12H2,1H3,(H,24,26)/t15-,18-/m0/s1. The Labute approximate surface area is 157 Å². The third-order valence-electron chi connectivity index (χ3n) is 5.40. The average molecular weight is 365 g/mol. The van der Waals surface area contributed by atoms with Crippen molar-refractivity contribution >= 4 is 11.7 Å². The first-order valence-corrected chi connectivity index (χ1v) is 9.00. The second kappa shape index (κ2) is 6.99. The van der Waals surface area contributed by atoms with Crippen LogP contribution in [0.3, 0.4) is 0 Å². The van der Waals surface area contributed by atoms with E-state index in [0.717, 1.165) is 16.9 Å². The smallest absolute Gasteiger partial charge is 0.225 e. The molecule has 4 rings (SSSR count). The van der Waals surface area contributed by atoms with Crippen LogP contribution in [-0.4, -0.2) is 18.8 Å². The van der Waals surface area contributed by atoms with Crippen molar-refractivity contribution in [1.82, 2.24) is 5.32 Å². The number of amides is 1. The minimum absolute atomic E-state index is 0.0476. The van der Waals surface area contributed by atoms with E-state index in [4.69, 9.17) is 4.74 Å². The Balaban J connectivity index is 1.68. The summed E-state index contributed by atoms with van der Waals surface area (Å²) < 4.78 is 18.4. The van der Waals surface area contributed by atoms with Crippen molar-refractivity contribution in [2.75, 3.05) is 7.11 Å². The summed E-state index contributed by atoms with van der Waals surface area (Å²) in [4.78, 5) is 25.3. The Morgan fingerprint density at radius 2 is 1.59 bits per heavy atom. The molecule has 0 unspecified atom stereocenters. The monoisotopic (exact) mass is 365 g/mol. The minimum atomic E-state index is -0.300. The van der Waals surface area contributed by atoms with Crippen LogP contribution in [0.15, 0.2) is 59.8 Å². The Hall–Kier alpha value is -2.95. The number of hydrogen-bond donors (Lipinski definition) is 1. The van der Waals surface area contributed by atoms with Gasteiger partial charge in [-0.15, -0.1) is 0 Å². The van der Waals surface area contributed by atoms with Crippen LogP contribution in [0.5, 0.6) is 5.75 Å². The minimum Gasteiger partial charge on any atom is -0.497 e. The SMILES string of the molecule is COc1ccc([C@@H]2CC(=O)NC3=C2C(=O)C[C@@H](c2ccc(F)cc2)C3)cc1. The summed E-state index contributed by atoms with van der Waals surface area (Å²) in [5.41, 5.74) is 3.26. The van der Waals surface area contributed by atoms with Crippen molar-refractivity contribution in [2.24, 2.45) is 0 Å².